The van der Waals surface area contributed by atoms with Gasteiger partial charge in [-0.2, -0.15) is 0 Å². The number of aromatic nitrogens is 1. The Balaban J connectivity index is 3.02. The summed E-state index contributed by atoms with van der Waals surface area (Å²) in [6, 6.07) is 0. The monoisotopic (exact) mass is 201 g/mol. The van der Waals surface area contributed by atoms with Crippen LogP contribution in [0.5, 0.6) is 0 Å². The summed E-state index contributed by atoms with van der Waals surface area (Å²) in [5, 5.41) is 12.3. The molecule has 0 amide bonds. The molecule has 0 saturated heterocycles. The number of anilines is 1. The summed E-state index contributed by atoms with van der Waals surface area (Å²) in [7, 11) is 1.27. The summed E-state index contributed by atoms with van der Waals surface area (Å²) in [4.78, 5) is 19.1. The Kier molecular flexibility index (Phi) is 2.80. The van der Waals surface area contributed by atoms with Gasteiger partial charge in [0.25, 0.3) is 0 Å². The van der Waals surface area contributed by atoms with Gasteiger partial charge in [0.15, 0.2) is 5.13 Å². The first kappa shape index (κ1) is 9.46. The molecule has 1 aromatic heterocycles. The van der Waals surface area contributed by atoms with E-state index < -0.39 is 5.97 Å². The molecular formula is C6H7N3O3S. The molecule has 1 heterocycles. The molecule has 3 N–H and O–H groups in total. The van der Waals surface area contributed by atoms with Crippen molar-refractivity contribution >= 4 is 28.1 Å². The average Bonchev–Trinajstić information content (AvgIpc) is 2.46. The van der Waals surface area contributed by atoms with Gasteiger partial charge in [-0.1, -0.05) is 16.5 Å². The van der Waals surface area contributed by atoms with E-state index in [0.29, 0.717) is 10.0 Å². The van der Waals surface area contributed by atoms with E-state index in [0.717, 1.165) is 11.3 Å². The summed E-state index contributed by atoms with van der Waals surface area (Å²) >= 11 is 1.04. The Morgan fingerprint density at radius 3 is 2.92 bits per heavy atom. The number of hydrogen-bond donors (Lipinski definition) is 2. The van der Waals surface area contributed by atoms with Crippen LogP contribution in [-0.4, -0.2) is 28.9 Å². The molecule has 1 rings (SSSR count). The molecule has 0 aliphatic rings. The van der Waals surface area contributed by atoms with E-state index in [2.05, 4.69) is 15.0 Å². The zero-order valence-electron chi connectivity index (χ0n) is 6.72. The van der Waals surface area contributed by atoms with Crippen LogP contribution in [-0.2, 0) is 9.63 Å². The lowest BCUT2D eigenvalue weighted by atomic mass is 10.3. The van der Waals surface area contributed by atoms with E-state index in [-0.39, 0.29) is 5.71 Å². The molecule has 0 aromatic carbocycles. The Hall–Kier alpha value is -1.63. The number of hydrogen-bond acceptors (Lipinski definition) is 6. The molecule has 0 saturated carbocycles. The fourth-order valence-electron chi connectivity index (χ4n) is 0.678. The minimum absolute atomic E-state index is 0.197. The smallest absolute Gasteiger partial charge is 0.359 e. The SMILES string of the molecule is CON=C(C(=O)O)c1cnc(N)s1. The molecule has 6 nitrogen and oxygen atoms in total. The van der Waals surface area contributed by atoms with Crippen LogP contribution in [0.4, 0.5) is 5.13 Å². The zero-order chi connectivity index (χ0) is 9.84. The second-order valence-electron chi connectivity index (χ2n) is 1.99. The maximum absolute atomic E-state index is 10.6. The minimum Gasteiger partial charge on any atom is -0.476 e. The molecule has 70 valence electrons. The topological polar surface area (TPSA) is 97.8 Å². The van der Waals surface area contributed by atoms with Crippen LogP contribution in [0.1, 0.15) is 4.88 Å². The van der Waals surface area contributed by atoms with Gasteiger partial charge >= 0.3 is 5.97 Å². The van der Waals surface area contributed by atoms with Crippen molar-refractivity contribution < 1.29 is 14.7 Å². The minimum atomic E-state index is -1.18. The average molecular weight is 201 g/mol. The van der Waals surface area contributed by atoms with Gasteiger partial charge in [0.1, 0.15) is 7.11 Å². The molecule has 0 aliphatic heterocycles. The standard InChI is InChI=1S/C6H7N3O3S/c1-12-9-4(5(10)11)3-2-8-6(7)13-3/h2H,1H3,(H2,7,8)(H,10,11). The number of carbonyl (C=O) groups is 1. The lowest BCUT2D eigenvalue weighted by Crippen LogP contribution is -2.13. The second kappa shape index (κ2) is 3.85. The number of nitrogen functional groups attached to an aromatic ring is 1. The van der Waals surface area contributed by atoms with E-state index in [4.69, 9.17) is 10.8 Å². The van der Waals surface area contributed by atoms with Gasteiger partial charge in [-0.3, -0.25) is 0 Å². The van der Waals surface area contributed by atoms with E-state index in [9.17, 15) is 4.79 Å². The van der Waals surface area contributed by atoms with Crippen LogP contribution in [0.2, 0.25) is 0 Å². The van der Waals surface area contributed by atoms with Gasteiger partial charge in [-0.05, 0) is 0 Å². The molecule has 0 unspecified atom stereocenters. The third kappa shape index (κ3) is 2.15. The van der Waals surface area contributed by atoms with Crippen molar-refractivity contribution in [3.8, 4) is 0 Å². The lowest BCUT2D eigenvalue weighted by Gasteiger charge is -1.94. The van der Waals surface area contributed by atoms with Crippen LogP contribution < -0.4 is 5.73 Å². The molecular weight excluding hydrogens is 194 g/mol. The predicted molar refractivity (Wildman–Crippen MR) is 47.7 cm³/mol. The Labute approximate surface area is 77.6 Å². The number of carboxylic acids is 1. The maximum Gasteiger partial charge on any atom is 0.359 e. The summed E-state index contributed by atoms with van der Waals surface area (Å²) in [6.07, 6.45) is 1.34. The van der Waals surface area contributed by atoms with E-state index >= 15 is 0 Å². The normalized spacial score (nSPS) is 11.3. The number of aliphatic carboxylic acids is 1. The van der Waals surface area contributed by atoms with Gasteiger partial charge < -0.3 is 15.7 Å². The summed E-state index contributed by atoms with van der Waals surface area (Å²) in [6.45, 7) is 0. The van der Waals surface area contributed by atoms with Gasteiger partial charge in [-0.25, -0.2) is 9.78 Å². The van der Waals surface area contributed by atoms with Crippen molar-refractivity contribution in [2.75, 3.05) is 12.8 Å². The van der Waals surface area contributed by atoms with Crippen LogP contribution in [0.15, 0.2) is 11.4 Å². The van der Waals surface area contributed by atoms with Crippen molar-refractivity contribution in [1.29, 1.82) is 0 Å². The van der Waals surface area contributed by atoms with Crippen LogP contribution >= 0.6 is 11.3 Å². The fraction of sp³-hybridized carbons (Fsp3) is 0.167. The molecule has 0 radical (unpaired) electrons. The molecule has 0 aliphatic carbocycles. The van der Waals surface area contributed by atoms with Gasteiger partial charge in [0.05, 0.1) is 11.1 Å². The molecule has 7 heteroatoms. The zero-order valence-corrected chi connectivity index (χ0v) is 7.54. The third-order valence-corrected chi connectivity index (χ3v) is 1.98. The predicted octanol–water partition coefficient (Wildman–Crippen LogP) is 0.160. The van der Waals surface area contributed by atoms with Crippen molar-refractivity contribution in [3.63, 3.8) is 0 Å². The van der Waals surface area contributed by atoms with E-state index in [1.807, 2.05) is 0 Å². The molecule has 0 bridgehead atoms. The van der Waals surface area contributed by atoms with Crippen LogP contribution in [0.3, 0.4) is 0 Å². The number of carboxylic acid groups (broad SMARTS) is 1. The highest BCUT2D eigenvalue weighted by Gasteiger charge is 2.16. The van der Waals surface area contributed by atoms with E-state index in [1.54, 1.807) is 0 Å². The van der Waals surface area contributed by atoms with Crippen LogP contribution in [0.25, 0.3) is 0 Å². The maximum atomic E-state index is 10.6. The highest BCUT2D eigenvalue weighted by Crippen LogP contribution is 2.15. The molecule has 0 spiro atoms. The Morgan fingerprint density at radius 1 is 1.85 bits per heavy atom. The summed E-state index contributed by atoms with van der Waals surface area (Å²) < 4.78 is 0. The first-order valence-electron chi connectivity index (χ1n) is 3.21. The lowest BCUT2D eigenvalue weighted by molar-refractivity contribution is -0.129. The quantitative estimate of drug-likeness (QED) is 0.536. The number of rotatable bonds is 3. The number of oxime groups is 1. The number of nitrogens with zero attached hydrogens (tertiary/aromatic N) is 2. The van der Waals surface area contributed by atoms with Gasteiger partial charge in [0, 0.05) is 0 Å². The number of thiazole rings is 1. The molecule has 1 aromatic rings. The van der Waals surface area contributed by atoms with Crippen molar-refractivity contribution in [1.82, 2.24) is 4.98 Å². The van der Waals surface area contributed by atoms with Crippen molar-refractivity contribution in [3.05, 3.63) is 11.1 Å². The van der Waals surface area contributed by atoms with E-state index in [1.165, 1.54) is 13.3 Å². The highest BCUT2D eigenvalue weighted by atomic mass is 32.1. The summed E-state index contributed by atoms with van der Waals surface area (Å²) in [5.41, 5.74) is 5.13. The van der Waals surface area contributed by atoms with Gasteiger partial charge in [0.2, 0.25) is 5.71 Å². The largest absolute Gasteiger partial charge is 0.476 e. The van der Waals surface area contributed by atoms with Crippen LogP contribution in [0, 0.1) is 0 Å². The Morgan fingerprint density at radius 2 is 2.54 bits per heavy atom. The van der Waals surface area contributed by atoms with Gasteiger partial charge in [-0.15, -0.1) is 0 Å². The second-order valence-corrected chi connectivity index (χ2v) is 3.05. The number of nitrogens with two attached hydrogens (primary N) is 1. The van der Waals surface area contributed by atoms with Crippen molar-refractivity contribution in [2.45, 2.75) is 0 Å². The summed E-state index contributed by atoms with van der Waals surface area (Å²) in [5.74, 6) is -1.18. The first-order chi connectivity index (χ1) is 6.15. The highest BCUT2D eigenvalue weighted by molar-refractivity contribution is 7.18. The fourth-order valence-corrected chi connectivity index (χ4v) is 1.34. The molecule has 0 fully saturated rings. The van der Waals surface area contributed by atoms with Crippen molar-refractivity contribution in [2.24, 2.45) is 5.16 Å². The first-order valence-corrected chi connectivity index (χ1v) is 4.03. The molecule has 13 heavy (non-hydrogen) atoms. The molecule has 0 atom stereocenters. The third-order valence-electron chi connectivity index (χ3n) is 1.14. The Bertz CT molecular complexity index is 347.